The van der Waals surface area contributed by atoms with Gasteiger partial charge in [0, 0.05) is 22.6 Å². The van der Waals surface area contributed by atoms with Gasteiger partial charge in [-0.25, -0.2) is 0 Å². The Morgan fingerprint density at radius 1 is 1.35 bits per heavy atom. The average Bonchev–Trinajstić information content (AvgIpc) is 2.31. The zero-order valence-electron chi connectivity index (χ0n) is 10.8. The highest BCUT2D eigenvalue weighted by Crippen LogP contribution is 2.23. The molecule has 0 aliphatic carbocycles. The van der Waals surface area contributed by atoms with Crippen molar-refractivity contribution in [2.45, 2.75) is 33.7 Å². The van der Waals surface area contributed by atoms with Gasteiger partial charge in [-0.15, -0.1) is 0 Å². The third kappa shape index (κ3) is 4.99. The highest BCUT2D eigenvalue weighted by molar-refractivity contribution is 9.10. The molecule has 0 aromatic heterocycles. The normalized spacial score (nSPS) is 13.1. The number of hydrogen-bond donors (Lipinski definition) is 0. The lowest BCUT2D eigenvalue weighted by Crippen LogP contribution is -2.27. The second-order valence-corrected chi connectivity index (χ2v) is 5.90. The fourth-order valence-corrected chi connectivity index (χ4v) is 2.50. The van der Waals surface area contributed by atoms with E-state index >= 15 is 0 Å². The molecule has 0 amide bonds. The highest BCUT2D eigenvalue weighted by Gasteiger charge is 2.10. The molecule has 0 radical (unpaired) electrons. The number of halogens is 2. The Bertz CT molecular complexity index is 354. The molecule has 3 heteroatoms. The Morgan fingerprint density at radius 2 is 2.06 bits per heavy atom. The molecule has 0 aliphatic rings. The molecule has 0 spiro atoms. The molecule has 96 valence electrons. The first-order valence-corrected chi connectivity index (χ1v) is 7.40. The molecule has 0 saturated carbocycles. The average molecular weight is 319 g/mol. The van der Waals surface area contributed by atoms with Gasteiger partial charge in [0.1, 0.15) is 0 Å². The van der Waals surface area contributed by atoms with Gasteiger partial charge in [0.05, 0.1) is 0 Å². The smallest absolute Gasteiger partial charge is 0.0462 e. The van der Waals surface area contributed by atoms with Crippen LogP contribution in [0.1, 0.15) is 32.8 Å². The summed E-state index contributed by atoms with van der Waals surface area (Å²) >= 11 is 9.68. The van der Waals surface area contributed by atoms with Gasteiger partial charge in [0.15, 0.2) is 0 Å². The maximum absolute atomic E-state index is 6.24. The number of rotatable bonds is 6. The lowest BCUT2D eigenvalue weighted by atomic mass is 10.1. The SMILES string of the molecule is CCC(C)CN(CC)Cc1ccc(Br)cc1Cl. The second kappa shape index (κ2) is 7.40. The Kier molecular flexibility index (Phi) is 6.53. The topological polar surface area (TPSA) is 3.24 Å². The maximum Gasteiger partial charge on any atom is 0.0462 e. The Labute approximate surface area is 118 Å². The number of benzene rings is 1. The van der Waals surface area contributed by atoms with Crippen LogP contribution in [-0.4, -0.2) is 18.0 Å². The first kappa shape index (κ1) is 15.0. The van der Waals surface area contributed by atoms with Crippen LogP contribution in [0.4, 0.5) is 0 Å². The predicted molar refractivity (Wildman–Crippen MR) is 79.6 cm³/mol. The van der Waals surface area contributed by atoms with Crippen LogP contribution in [0.15, 0.2) is 22.7 Å². The van der Waals surface area contributed by atoms with E-state index in [1.807, 2.05) is 6.07 Å². The molecule has 1 unspecified atom stereocenters. The number of hydrogen-bond acceptors (Lipinski definition) is 1. The molecule has 1 rings (SSSR count). The lowest BCUT2D eigenvalue weighted by Gasteiger charge is -2.24. The van der Waals surface area contributed by atoms with E-state index in [1.54, 1.807) is 0 Å². The fourth-order valence-electron chi connectivity index (χ4n) is 1.77. The van der Waals surface area contributed by atoms with Gasteiger partial charge in [0.25, 0.3) is 0 Å². The summed E-state index contributed by atoms with van der Waals surface area (Å²) in [5.74, 6) is 0.740. The van der Waals surface area contributed by atoms with Crippen molar-refractivity contribution >= 4 is 27.5 Å². The summed E-state index contributed by atoms with van der Waals surface area (Å²) in [7, 11) is 0. The van der Waals surface area contributed by atoms with Crippen LogP contribution in [0.3, 0.4) is 0 Å². The van der Waals surface area contributed by atoms with Crippen molar-refractivity contribution < 1.29 is 0 Å². The summed E-state index contributed by atoms with van der Waals surface area (Å²) in [6.07, 6.45) is 1.23. The van der Waals surface area contributed by atoms with E-state index in [9.17, 15) is 0 Å². The van der Waals surface area contributed by atoms with Crippen molar-refractivity contribution in [3.8, 4) is 0 Å². The molecular weight excluding hydrogens is 298 g/mol. The van der Waals surface area contributed by atoms with Crippen LogP contribution in [0.25, 0.3) is 0 Å². The van der Waals surface area contributed by atoms with Gasteiger partial charge in [0.2, 0.25) is 0 Å². The molecule has 1 atom stereocenters. The van der Waals surface area contributed by atoms with Gasteiger partial charge < -0.3 is 0 Å². The third-order valence-electron chi connectivity index (χ3n) is 3.12. The predicted octanol–water partition coefficient (Wildman–Crippen LogP) is 4.97. The standard InChI is InChI=1S/C14H21BrClN/c1-4-11(3)9-17(5-2)10-12-6-7-13(15)8-14(12)16/h6-8,11H,4-5,9-10H2,1-3H3. The maximum atomic E-state index is 6.24. The van der Waals surface area contributed by atoms with Crippen molar-refractivity contribution in [3.05, 3.63) is 33.3 Å². The van der Waals surface area contributed by atoms with E-state index in [1.165, 1.54) is 12.0 Å². The van der Waals surface area contributed by atoms with E-state index in [0.29, 0.717) is 0 Å². The Balaban J connectivity index is 2.67. The van der Waals surface area contributed by atoms with Gasteiger partial charge in [-0.1, -0.05) is 60.8 Å². The van der Waals surface area contributed by atoms with E-state index in [2.05, 4.69) is 53.7 Å². The van der Waals surface area contributed by atoms with Crippen LogP contribution >= 0.6 is 27.5 Å². The fraction of sp³-hybridized carbons (Fsp3) is 0.571. The molecule has 1 aromatic rings. The minimum atomic E-state index is 0.740. The minimum Gasteiger partial charge on any atom is -0.299 e. The van der Waals surface area contributed by atoms with Crippen LogP contribution < -0.4 is 0 Å². The van der Waals surface area contributed by atoms with E-state index in [-0.39, 0.29) is 0 Å². The van der Waals surface area contributed by atoms with Crippen LogP contribution in [0.2, 0.25) is 5.02 Å². The first-order valence-electron chi connectivity index (χ1n) is 6.23. The van der Waals surface area contributed by atoms with Crippen molar-refractivity contribution in [2.75, 3.05) is 13.1 Å². The van der Waals surface area contributed by atoms with Crippen LogP contribution in [-0.2, 0) is 6.54 Å². The van der Waals surface area contributed by atoms with Gasteiger partial charge in [-0.3, -0.25) is 4.90 Å². The van der Waals surface area contributed by atoms with Crippen molar-refractivity contribution in [2.24, 2.45) is 5.92 Å². The molecule has 0 bridgehead atoms. The molecule has 0 N–H and O–H groups in total. The summed E-state index contributed by atoms with van der Waals surface area (Å²) in [5.41, 5.74) is 1.21. The zero-order chi connectivity index (χ0) is 12.8. The van der Waals surface area contributed by atoms with Gasteiger partial charge >= 0.3 is 0 Å². The van der Waals surface area contributed by atoms with E-state index < -0.39 is 0 Å². The zero-order valence-corrected chi connectivity index (χ0v) is 13.2. The summed E-state index contributed by atoms with van der Waals surface area (Å²) in [4.78, 5) is 2.45. The molecule has 0 saturated heterocycles. The van der Waals surface area contributed by atoms with Crippen molar-refractivity contribution in [1.82, 2.24) is 4.90 Å². The number of nitrogens with zero attached hydrogens (tertiary/aromatic N) is 1. The van der Waals surface area contributed by atoms with Crippen molar-refractivity contribution in [3.63, 3.8) is 0 Å². The second-order valence-electron chi connectivity index (χ2n) is 4.58. The van der Waals surface area contributed by atoms with E-state index in [0.717, 1.165) is 35.0 Å². The van der Waals surface area contributed by atoms with Crippen molar-refractivity contribution in [1.29, 1.82) is 0 Å². The van der Waals surface area contributed by atoms with Crippen LogP contribution in [0.5, 0.6) is 0 Å². The largest absolute Gasteiger partial charge is 0.299 e. The lowest BCUT2D eigenvalue weighted by molar-refractivity contribution is 0.238. The van der Waals surface area contributed by atoms with Gasteiger partial charge in [-0.2, -0.15) is 0 Å². The molecule has 1 nitrogen and oxygen atoms in total. The Morgan fingerprint density at radius 3 is 2.59 bits per heavy atom. The van der Waals surface area contributed by atoms with E-state index in [4.69, 9.17) is 11.6 Å². The first-order chi connectivity index (χ1) is 8.06. The minimum absolute atomic E-state index is 0.740. The summed E-state index contributed by atoms with van der Waals surface area (Å²) in [5, 5.41) is 0.849. The van der Waals surface area contributed by atoms with Gasteiger partial charge in [-0.05, 0) is 30.2 Å². The third-order valence-corrected chi connectivity index (χ3v) is 3.97. The molecule has 0 aliphatic heterocycles. The summed E-state index contributed by atoms with van der Waals surface area (Å²) in [6, 6.07) is 6.12. The molecular formula is C14H21BrClN. The molecule has 0 fully saturated rings. The quantitative estimate of drug-likeness (QED) is 0.715. The highest BCUT2D eigenvalue weighted by atomic mass is 79.9. The summed E-state index contributed by atoms with van der Waals surface area (Å²) < 4.78 is 1.04. The van der Waals surface area contributed by atoms with Crippen LogP contribution in [0, 0.1) is 5.92 Å². The molecule has 17 heavy (non-hydrogen) atoms. The molecule has 1 aromatic carbocycles. The molecule has 0 heterocycles. The summed E-state index contributed by atoms with van der Waals surface area (Å²) in [6.45, 7) is 9.88. The monoisotopic (exact) mass is 317 g/mol. The Hall–Kier alpha value is -0.0500.